The Kier molecular flexibility index (Phi) is 11.8. The Morgan fingerprint density at radius 2 is 1.93 bits per heavy atom. The van der Waals surface area contributed by atoms with E-state index in [4.69, 9.17) is 5.11 Å². The van der Waals surface area contributed by atoms with Gasteiger partial charge >= 0.3 is 0 Å². The molecule has 15 heavy (non-hydrogen) atoms. The summed E-state index contributed by atoms with van der Waals surface area (Å²) in [7, 11) is 0. The highest BCUT2D eigenvalue weighted by Gasteiger charge is 1.94. The van der Waals surface area contributed by atoms with Crippen molar-refractivity contribution < 1.29 is 9.90 Å². The lowest BCUT2D eigenvalue weighted by Crippen LogP contribution is -2.23. The number of hydrogen-bond acceptors (Lipinski definition) is 4. The van der Waals surface area contributed by atoms with Crippen molar-refractivity contribution in [3.8, 4) is 0 Å². The molecule has 0 heterocycles. The molecule has 0 aliphatic carbocycles. The average Bonchev–Trinajstić information content (AvgIpc) is 2.22. The van der Waals surface area contributed by atoms with Gasteiger partial charge in [0.25, 0.3) is 0 Å². The monoisotopic (exact) mass is 249 g/mol. The van der Waals surface area contributed by atoms with Crippen LogP contribution in [-0.2, 0) is 4.79 Å². The Bertz CT molecular complexity index is 186. The van der Waals surface area contributed by atoms with Gasteiger partial charge < -0.3 is 10.4 Å². The number of aliphatic hydroxyl groups is 1. The molecule has 0 radical (unpaired) electrons. The summed E-state index contributed by atoms with van der Waals surface area (Å²) < 4.78 is 0. The van der Waals surface area contributed by atoms with Crippen molar-refractivity contribution in [1.29, 1.82) is 0 Å². The molecule has 2 N–H and O–H groups in total. The van der Waals surface area contributed by atoms with E-state index in [1.165, 1.54) is 6.08 Å². The second-order valence-corrected chi connectivity index (χ2v) is 5.19. The third kappa shape index (κ3) is 11.8. The Morgan fingerprint density at radius 1 is 1.27 bits per heavy atom. The standard InChI is InChI=1S/C10H19NO2S2/c1-2-3-10(13)11-4-6-14-8-9-15-7-5-12/h2-3,12H,4-9H2,1H3,(H,11,13). The van der Waals surface area contributed by atoms with Gasteiger partial charge in [0.05, 0.1) is 6.61 Å². The van der Waals surface area contributed by atoms with Crippen LogP contribution in [0.5, 0.6) is 0 Å². The number of nitrogens with one attached hydrogen (secondary N) is 1. The topological polar surface area (TPSA) is 49.3 Å². The fourth-order valence-corrected chi connectivity index (χ4v) is 2.57. The molecule has 0 saturated carbocycles. The quantitative estimate of drug-likeness (QED) is 0.475. The number of amides is 1. The van der Waals surface area contributed by atoms with Crippen molar-refractivity contribution >= 4 is 29.4 Å². The summed E-state index contributed by atoms with van der Waals surface area (Å²) in [6.07, 6.45) is 3.26. The smallest absolute Gasteiger partial charge is 0.243 e. The normalized spacial score (nSPS) is 10.8. The number of hydrogen-bond donors (Lipinski definition) is 2. The number of carbonyl (C=O) groups is 1. The first-order valence-corrected chi connectivity index (χ1v) is 7.29. The van der Waals surface area contributed by atoms with Crippen molar-refractivity contribution in [1.82, 2.24) is 5.32 Å². The molecule has 1 amide bonds. The molecular weight excluding hydrogens is 230 g/mol. The van der Waals surface area contributed by atoms with Crippen molar-refractivity contribution in [2.75, 3.05) is 36.2 Å². The Balaban J connectivity index is 3.08. The molecule has 0 rings (SSSR count). The molecule has 0 aliphatic rings. The van der Waals surface area contributed by atoms with Crippen LogP contribution in [0, 0.1) is 0 Å². The van der Waals surface area contributed by atoms with Crippen LogP contribution in [0.15, 0.2) is 12.2 Å². The zero-order valence-corrected chi connectivity index (χ0v) is 10.7. The van der Waals surface area contributed by atoms with Crippen LogP contribution in [-0.4, -0.2) is 47.2 Å². The molecule has 5 heteroatoms. The Labute approximate surface area is 100 Å². The average molecular weight is 249 g/mol. The van der Waals surface area contributed by atoms with Crippen LogP contribution in [0.2, 0.25) is 0 Å². The van der Waals surface area contributed by atoms with Gasteiger partial charge in [-0.2, -0.15) is 23.5 Å². The second-order valence-electron chi connectivity index (χ2n) is 2.74. The molecule has 0 fully saturated rings. The highest BCUT2D eigenvalue weighted by Crippen LogP contribution is 2.05. The van der Waals surface area contributed by atoms with Gasteiger partial charge in [0.1, 0.15) is 0 Å². The van der Waals surface area contributed by atoms with E-state index >= 15 is 0 Å². The van der Waals surface area contributed by atoms with E-state index in [9.17, 15) is 4.79 Å². The molecule has 0 aromatic rings. The van der Waals surface area contributed by atoms with Gasteiger partial charge in [-0.15, -0.1) is 0 Å². The van der Waals surface area contributed by atoms with E-state index in [-0.39, 0.29) is 12.5 Å². The Morgan fingerprint density at radius 3 is 2.53 bits per heavy atom. The predicted molar refractivity (Wildman–Crippen MR) is 69.6 cm³/mol. The third-order valence-corrected chi connectivity index (χ3v) is 3.68. The van der Waals surface area contributed by atoms with E-state index in [0.29, 0.717) is 0 Å². The van der Waals surface area contributed by atoms with E-state index in [1.807, 2.05) is 18.7 Å². The van der Waals surface area contributed by atoms with Crippen molar-refractivity contribution in [3.05, 3.63) is 12.2 Å². The third-order valence-electron chi connectivity index (χ3n) is 1.47. The molecule has 88 valence electrons. The summed E-state index contributed by atoms with van der Waals surface area (Å²) in [5.41, 5.74) is 0. The number of carbonyl (C=O) groups excluding carboxylic acids is 1. The highest BCUT2D eigenvalue weighted by atomic mass is 32.2. The molecular formula is C10H19NO2S2. The summed E-state index contributed by atoms with van der Waals surface area (Å²) >= 11 is 3.58. The summed E-state index contributed by atoms with van der Waals surface area (Å²) in [6, 6.07) is 0. The number of thioether (sulfide) groups is 2. The predicted octanol–water partition coefficient (Wildman–Crippen LogP) is 1.14. The first-order valence-electron chi connectivity index (χ1n) is 4.98. The van der Waals surface area contributed by atoms with E-state index < -0.39 is 0 Å². The molecule has 0 aromatic heterocycles. The van der Waals surface area contributed by atoms with Crippen LogP contribution in [0.3, 0.4) is 0 Å². The van der Waals surface area contributed by atoms with Gasteiger partial charge in [-0.25, -0.2) is 0 Å². The number of rotatable bonds is 9. The van der Waals surface area contributed by atoms with E-state index in [2.05, 4.69) is 5.32 Å². The SMILES string of the molecule is CC=CC(=O)NCCSCCSCCO. The largest absolute Gasteiger partial charge is 0.396 e. The Hall–Kier alpha value is -0.130. The summed E-state index contributed by atoms with van der Waals surface area (Å²) in [4.78, 5) is 11.0. The van der Waals surface area contributed by atoms with E-state index in [1.54, 1.807) is 17.8 Å². The van der Waals surface area contributed by atoms with Gasteiger partial charge in [0, 0.05) is 29.6 Å². The van der Waals surface area contributed by atoms with Gasteiger partial charge in [0.2, 0.25) is 5.91 Å². The van der Waals surface area contributed by atoms with Crippen LogP contribution < -0.4 is 5.32 Å². The van der Waals surface area contributed by atoms with Gasteiger partial charge in [0.15, 0.2) is 0 Å². The van der Waals surface area contributed by atoms with Crippen LogP contribution in [0.25, 0.3) is 0 Å². The number of allylic oxidation sites excluding steroid dienone is 1. The molecule has 0 atom stereocenters. The van der Waals surface area contributed by atoms with Gasteiger partial charge in [-0.1, -0.05) is 6.08 Å². The summed E-state index contributed by atoms with van der Waals surface area (Å²) in [5.74, 6) is 3.88. The summed E-state index contributed by atoms with van der Waals surface area (Å²) in [5, 5.41) is 11.3. The van der Waals surface area contributed by atoms with Crippen LogP contribution in [0.4, 0.5) is 0 Å². The maximum Gasteiger partial charge on any atom is 0.243 e. The molecule has 0 spiro atoms. The maximum absolute atomic E-state index is 11.0. The molecule has 3 nitrogen and oxygen atoms in total. The van der Waals surface area contributed by atoms with Crippen LogP contribution in [0.1, 0.15) is 6.92 Å². The minimum Gasteiger partial charge on any atom is -0.396 e. The summed E-state index contributed by atoms with van der Waals surface area (Å²) in [6.45, 7) is 2.81. The first-order chi connectivity index (χ1) is 7.31. The fraction of sp³-hybridized carbons (Fsp3) is 0.700. The lowest BCUT2D eigenvalue weighted by molar-refractivity contribution is -0.116. The second kappa shape index (κ2) is 11.9. The number of aliphatic hydroxyl groups excluding tert-OH is 1. The minimum atomic E-state index is -0.0206. The maximum atomic E-state index is 11.0. The molecule has 0 unspecified atom stereocenters. The molecule has 0 aliphatic heterocycles. The van der Waals surface area contributed by atoms with Crippen molar-refractivity contribution in [2.45, 2.75) is 6.92 Å². The molecule has 0 bridgehead atoms. The zero-order valence-electron chi connectivity index (χ0n) is 9.07. The van der Waals surface area contributed by atoms with Crippen molar-refractivity contribution in [2.24, 2.45) is 0 Å². The fourth-order valence-electron chi connectivity index (χ4n) is 0.843. The van der Waals surface area contributed by atoms with E-state index in [0.717, 1.165) is 29.6 Å². The highest BCUT2D eigenvalue weighted by molar-refractivity contribution is 8.02. The molecule has 0 aromatic carbocycles. The molecule has 0 saturated heterocycles. The lowest BCUT2D eigenvalue weighted by Gasteiger charge is -2.02. The van der Waals surface area contributed by atoms with Gasteiger partial charge in [-0.05, 0) is 13.0 Å². The van der Waals surface area contributed by atoms with Crippen LogP contribution >= 0.6 is 23.5 Å². The van der Waals surface area contributed by atoms with Gasteiger partial charge in [-0.3, -0.25) is 4.79 Å². The zero-order chi connectivity index (χ0) is 11.4. The first kappa shape index (κ1) is 14.9. The lowest BCUT2D eigenvalue weighted by atomic mass is 10.5. The minimum absolute atomic E-state index is 0.0206. The van der Waals surface area contributed by atoms with Crippen molar-refractivity contribution in [3.63, 3.8) is 0 Å².